The number of phenols is 1. The second-order valence-corrected chi connectivity index (χ2v) is 5.44. The van der Waals surface area contributed by atoms with E-state index in [0.29, 0.717) is 28.4 Å². The second-order valence-electron chi connectivity index (χ2n) is 5.44. The van der Waals surface area contributed by atoms with Crippen LogP contribution in [0, 0.1) is 0 Å². The van der Waals surface area contributed by atoms with Crippen LogP contribution in [0.2, 0.25) is 0 Å². The average molecular weight is 371 g/mol. The number of rotatable bonds is 6. The maximum atomic E-state index is 12.1. The molecular formula is C18H17N3O6. The predicted molar refractivity (Wildman–Crippen MR) is 95.3 cm³/mol. The summed E-state index contributed by atoms with van der Waals surface area (Å²) < 4.78 is 15.4. The normalized spacial score (nSPS) is 12.0. The van der Waals surface area contributed by atoms with Crippen molar-refractivity contribution in [2.75, 3.05) is 20.4 Å². The Balaban J connectivity index is 1.50. The van der Waals surface area contributed by atoms with Gasteiger partial charge in [0.2, 0.25) is 6.79 Å². The maximum absolute atomic E-state index is 12.1. The van der Waals surface area contributed by atoms with E-state index in [9.17, 15) is 14.7 Å². The molecule has 1 aliphatic rings. The molecule has 0 saturated carbocycles. The van der Waals surface area contributed by atoms with Crippen molar-refractivity contribution in [3.63, 3.8) is 0 Å². The highest BCUT2D eigenvalue weighted by Crippen LogP contribution is 2.32. The van der Waals surface area contributed by atoms with Crippen molar-refractivity contribution in [3.8, 4) is 23.0 Å². The second kappa shape index (κ2) is 8.09. The summed E-state index contributed by atoms with van der Waals surface area (Å²) in [5, 5.41) is 16.1. The van der Waals surface area contributed by atoms with E-state index in [-0.39, 0.29) is 19.1 Å². The van der Waals surface area contributed by atoms with E-state index in [0.717, 1.165) is 0 Å². The molecule has 2 aromatic carbocycles. The van der Waals surface area contributed by atoms with Crippen LogP contribution < -0.4 is 25.0 Å². The Hall–Kier alpha value is -3.75. The highest BCUT2D eigenvalue weighted by molar-refractivity contribution is 5.97. The minimum Gasteiger partial charge on any atom is -0.504 e. The number of hydrogen-bond donors (Lipinski definition) is 3. The zero-order valence-electron chi connectivity index (χ0n) is 14.4. The molecule has 1 heterocycles. The molecule has 9 heteroatoms. The van der Waals surface area contributed by atoms with Gasteiger partial charge < -0.3 is 24.6 Å². The summed E-state index contributed by atoms with van der Waals surface area (Å²) in [5.41, 5.74) is 2.98. The third-order valence-electron chi connectivity index (χ3n) is 3.69. The standard InChI is InChI=1S/C18H17N3O6/c1-25-14-4-2-3-12(17(14)23)8-20-21-16(22)9-19-18(24)11-5-6-13-15(7-11)27-10-26-13/h2-8,23H,9-10H2,1H3,(H,19,24)(H,21,22)/b20-8-. The van der Waals surface area contributed by atoms with Crippen LogP contribution in [-0.4, -0.2) is 43.6 Å². The molecule has 0 atom stereocenters. The monoisotopic (exact) mass is 371 g/mol. The van der Waals surface area contributed by atoms with Gasteiger partial charge in [-0.05, 0) is 30.3 Å². The number of nitrogens with one attached hydrogen (secondary N) is 2. The summed E-state index contributed by atoms with van der Waals surface area (Å²) in [4.78, 5) is 23.9. The largest absolute Gasteiger partial charge is 0.504 e. The third kappa shape index (κ3) is 4.27. The molecule has 3 rings (SSSR count). The number of ether oxygens (including phenoxy) is 3. The highest BCUT2D eigenvalue weighted by Gasteiger charge is 2.16. The van der Waals surface area contributed by atoms with E-state index < -0.39 is 11.8 Å². The number of para-hydroxylation sites is 1. The number of amides is 2. The van der Waals surface area contributed by atoms with Crippen molar-refractivity contribution in [3.05, 3.63) is 47.5 Å². The van der Waals surface area contributed by atoms with Crippen molar-refractivity contribution in [1.29, 1.82) is 0 Å². The molecule has 0 unspecified atom stereocenters. The van der Waals surface area contributed by atoms with Gasteiger partial charge in [0.15, 0.2) is 23.0 Å². The van der Waals surface area contributed by atoms with Crippen LogP contribution >= 0.6 is 0 Å². The number of methoxy groups -OCH3 is 1. The summed E-state index contributed by atoms with van der Waals surface area (Å²) >= 11 is 0. The van der Waals surface area contributed by atoms with Crippen LogP contribution in [0.25, 0.3) is 0 Å². The summed E-state index contributed by atoms with van der Waals surface area (Å²) in [5.74, 6) is 0.296. The molecule has 1 aliphatic heterocycles. The van der Waals surface area contributed by atoms with Crippen LogP contribution in [0.3, 0.4) is 0 Å². The Kier molecular flexibility index (Phi) is 5.41. The SMILES string of the molecule is COc1cccc(/C=N\NC(=O)CNC(=O)c2ccc3c(c2)OCO3)c1O. The Morgan fingerprint density at radius 3 is 2.89 bits per heavy atom. The zero-order valence-corrected chi connectivity index (χ0v) is 14.4. The molecule has 27 heavy (non-hydrogen) atoms. The molecule has 0 spiro atoms. The zero-order chi connectivity index (χ0) is 19.2. The number of nitrogens with zero attached hydrogens (tertiary/aromatic N) is 1. The molecule has 0 saturated heterocycles. The summed E-state index contributed by atoms with van der Waals surface area (Å²) in [7, 11) is 1.43. The Labute approximate surface area is 154 Å². The molecule has 2 amide bonds. The number of hydrogen-bond acceptors (Lipinski definition) is 7. The lowest BCUT2D eigenvalue weighted by Gasteiger charge is -2.06. The number of phenolic OH excluding ortho intramolecular Hbond substituents is 1. The van der Waals surface area contributed by atoms with Crippen LogP contribution in [0.1, 0.15) is 15.9 Å². The number of carbonyl (C=O) groups excluding carboxylic acids is 2. The van der Waals surface area contributed by atoms with Crippen LogP contribution in [0.4, 0.5) is 0 Å². The van der Waals surface area contributed by atoms with Gasteiger partial charge in [-0.2, -0.15) is 5.10 Å². The van der Waals surface area contributed by atoms with Crippen molar-refractivity contribution in [2.24, 2.45) is 5.10 Å². The highest BCUT2D eigenvalue weighted by atomic mass is 16.7. The molecule has 0 aromatic heterocycles. The Bertz CT molecular complexity index is 897. The van der Waals surface area contributed by atoms with Crippen LogP contribution in [-0.2, 0) is 4.79 Å². The van der Waals surface area contributed by atoms with Gasteiger partial charge in [-0.1, -0.05) is 6.07 Å². The minimum absolute atomic E-state index is 0.0888. The quantitative estimate of drug-likeness (QED) is 0.515. The smallest absolute Gasteiger partial charge is 0.259 e. The van der Waals surface area contributed by atoms with Crippen molar-refractivity contribution in [1.82, 2.24) is 10.7 Å². The first-order chi connectivity index (χ1) is 13.1. The molecule has 2 aromatic rings. The molecule has 0 fully saturated rings. The minimum atomic E-state index is -0.525. The summed E-state index contributed by atoms with van der Waals surface area (Å²) in [6.07, 6.45) is 1.27. The maximum Gasteiger partial charge on any atom is 0.259 e. The van der Waals surface area contributed by atoms with E-state index in [1.54, 1.807) is 36.4 Å². The van der Waals surface area contributed by atoms with E-state index >= 15 is 0 Å². The molecule has 0 radical (unpaired) electrons. The lowest BCUT2D eigenvalue weighted by molar-refractivity contribution is -0.120. The number of aromatic hydroxyl groups is 1. The van der Waals surface area contributed by atoms with Gasteiger partial charge in [-0.15, -0.1) is 0 Å². The average Bonchev–Trinajstić information content (AvgIpc) is 3.15. The lowest BCUT2D eigenvalue weighted by Crippen LogP contribution is -2.34. The summed E-state index contributed by atoms with van der Waals surface area (Å²) in [6, 6.07) is 9.62. The first-order valence-electron chi connectivity index (χ1n) is 7.94. The third-order valence-corrected chi connectivity index (χ3v) is 3.69. The molecule has 0 aliphatic carbocycles. The van der Waals surface area contributed by atoms with Gasteiger partial charge >= 0.3 is 0 Å². The first-order valence-corrected chi connectivity index (χ1v) is 7.94. The van der Waals surface area contributed by atoms with Crippen molar-refractivity contribution in [2.45, 2.75) is 0 Å². The van der Waals surface area contributed by atoms with Crippen LogP contribution in [0.5, 0.6) is 23.0 Å². The Morgan fingerprint density at radius 2 is 2.07 bits per heavy atom. The fourth-order valence-corrected chi connectivity index (χ4v) is 2.32. The van der Waals surface area contributed by atoms with Gasteiger partial charge in [0.05, 0.1) is 19.9 Å². The van der Waals surface area contributed by atoms with Gasteiger partial charge in [-0.25, -0.2) is 5.43 Å². The predicted octanol–water partition coefficient (Wildman–Crippen LogP) is 1.01. The number of fused-ring (bicyclic) bond motifs is 1. The number of benzene rings is 2. The number of hydrazone groups is 1. The number of carbonyl (C=O) groups is 2. The van der Waals surface area contributed by atoms with Crippen molar-refractivity contribution >= 4 is 18.0 Å². The fourth-order valence-electron chi connectivity index (χ4n) is 2.32. The van der Waals surface area contributed by atoms with Gasteiger partial charge in [0, 0.05) is 11.1 Å². The van der Waals surface area contributed by atoms with Crippen LogP contribution in [0.15, 0.2) is 41.5 Å². The lowest BCUT2D eigenvalue weighted by atomic mass is 10.2. The fraction of sp³-hybridized carbons (Fsp3) is 0.167. The molecule has 9 nitrogen and oxygen atoms in total. The molecular weight excluding hydrogens is 354 g/mol. The first kappa shape index (κ1) is 18.1. The summed E-state index contributed by atoms with van der Waals surface area (Å²) in [6.45, 7) is -0.154. The Morgan fingerprint density at radius 1 is 1.26 bits per heavy atom. The van der Waals surface area contributed by atoms with Gasteiger partial charge in [-0.3, -0.25) is 9.59 Å². The van der Waals surface area contributed by atoms with Gasteiger partial charge in [0.1, 0.15) is 0 Å². The van der Waals surface area contributed by atoms with E-state index in [1.807, 2.05) is 0 Å². The van der Waals surface area contributed by atoms with E-state index in [4.69, 9.17) is 14.2 Å². The molecule has 140 valence electrons. The van der Waals surface area contributed by atoms with E-state index in [1.165, 1.54) is 13.3 Å². The van der Waals surface area contributed by atoms with Gasteiger partial charge in [0.25, 0.3) is 11.8 Å². The molecule has 0 bridgehead atoms. The topological polar surface area (TPSA) is 118 Å². The van der Waals surface area contributed by atoms with E-state index in [2.05, 4.69) is 15.8 Å². The molecule has 3 N–H and O–H groups in total. The van der Waals surface area contributed by atoms with Crippen molar-refractivity contribution < 1.29 is 28.9 Å².